The van der Waals surface area contributed by atoms with Crippen molar-refractivity contribution in [1.82, 2.24) is 9.47 Å². The van der Waals surface area contributed by atoms with Gasteiger partial charge in [-0.25, -0.2) is 0 Å². The number of rotatable bonds is 4. The fourth-order valence-corrected chi connectivity index (χ4v) is 4.63. The van der Waals surface area contributed by atoms with Crippen molar-refractivity contribution in [2.45, 2.75) is 31.5 Å². The van der Waals surface area contributed by atoms with Crippen molar-refractivity contribution in [2.24, 2.45) is 18.2 Å². The Bertz CT molecular complexity index is 808. The first-order chi connectivity index (χ1) is 12.6. The number of aromatic nitrogens is 1. The van der Waals surface area contributed by atoms with Crippen LogP contribution in [0.4, 0.5) is 0 Å². The molecule has 1 saturated heterocycles. The Labute approximate surface area is 153 Å². The lowest BCUT2D eigenvalue weighted by molar-refractivity contribution is -0.207. The molecule has 1 spiro atoms. The number of piperidine rings is 1. The predicted molar refractivity (Wildman–Crippen MR) is 99.9 cm³/mol. The summed E-state index contributed by atoms with van der Waals surface area (Å²) in [6, 6.07) is 7.98. The van der Waals surface area contributed by atoms with Crippen LogP contribution >= 0.6 is 0 Å². The highest BCUT2D eigenvalue weighted by Gasteiger charge is 2.56. The highest BCUT2D eigenvalue weighted by molar-refractivity contribution is 6.07. The molecule has 1 aliphatic carbocycles. The summed E-state index contributed by atoms with van der Waals surface area (Å²) < 4.78 is 7.84. The maximum atomic E-state index is 13.1. The summed E-state index contributed by atoms with van der Waals surface area (Å²) in [7, 11) is 1.97. The summed E-state index contributed by atoms with van der Waals surface area (Å²) in [4.78, 5) is 15.0. The molecule has 1 saturated carbocycles. The van der Waals surface area contributed by atoms with Crippen molar-refractivity contribution in [2.75, 3.05) is 26.2 Å². The number of carbonyl (C=O) groups is 1. The Morgan fingerprint density at radius 3 is 2.77 bits per heavy atom. The number of fused-ring (bicyclic) bond motifs is 1. The Hall–Kier alpha value is -1.89. The minimum Gasteiger partial charge on any atom is -0.392 e. The third kappa shape index (κ3) is 2.64. The third-order valence-corrected chi connectivity index (χ3v) is 6.29. The molecule has 2 heterocycles. The number of aliphatic hydroxyl groups is 1. The van der Waals surface area contributed by atoms with Gasteiger partial charge in [-0.3, -0.25) is 4.79 Å². The van der Waals surface area contributed by atoms with Crippen molar-refractivity contribution in [1.29, 1.82) is 0 Å². The summed E-state index contributed by atoms with van der Waals surface area (Å²) in [5.74, 6) is 0.0740. The highest BCUT2D eigenvalue weighted by atomic mass is 16.5. The lowest BCUT2D eigenvalue weighted by atomic mass is 9.58. The number of nitrogens with two attached hydrogens (primary N) is 1. The first-order valence-corrected chi connectivity index (χ1v) is 9.40. The third-order valence-electron chi connectivity index (χ3n) is 6.29. The topological polar surface area (TPSA) is 80.7 Å². The van der Waals surface area contributed by atoms with Gasteiger partial charge in [-0.2, -0.15) is 0 Å². The second kappa shape index (κ2) is 6.68. The average molecular weight is 357 g/mol. The summed E-state index contributed by atoms with van der Waals surface area (Å²) in [5.41, 5.74) is 7.15. The number of carbonyl (C=O) groups excluding carboxylic acids is 1. The van der Waals surface area contributed by atoms with E-state index in [0.29, 0.717) is 32.7 Å². The zero-order valence-corrected chi connectivity index (χ0v) is 15.2. The van der Waals surface area contributed by atoms with Crippen molar-refractivity contribution in [3.63, 3.8) is 0 Å². The van der Waals surface area contributed by atoms with Gasteiger partial charge in [-0.05, 0) is 18.9 Å². The number of benzene rings is 1. The van der Waals surface area contributed by atoms with Crippen LogP contribution < -0.4 is 5.73 Å². The second-order valence-corrected chi connectivity index (χ2v) is 7.60. The van der Waals surface area contributed by atoms with Gasteiger partial charge >= 0.3 is 0 Å². The SMILES string of the molecule is Cn1cc(C(=O)N2CCC3(CC2)[C@@H](O)C[C@H]3OCCN)c2ccccc21. The van der Waals surface area contributed by atoms with Crippen LogP contribution in [-0.4, -0.2) is 58.9 Å². The van der Waals surface area contributed by atoms with E-state index in [2.05, 4.69) is 0 Å². The maximum absolute atomic E-state index is 13.1. The largest absolute Gasteiger partial charge is 0.392 e. The molecule has 0 bridgehead atoms. The smallest absolute Gasteiger partial charge is 0.256 e. The highest BCUT2D eigenvalue weighted by Crippen LogP contribution is 2.51. The van der Waals surface area contributed by atoms with Gasteiger partial charge < -0.3 is 25.0 Å². The molecule has 6 heteroatoms. The maximum Gasteiger partial charge on any atom is 0.256 e. The van der Waals surface area contributed by atoms with Crippen molar-refractivity contribution in [3.8, 4) is 0 Å². The predicted octanol–water partition coefficient (Wildman–Crippen LogP) is 1.51. The number of likely N-dealkylation sites (tertiary alicyclic amines) is 1. The molecule has 0 radical (unpaired) electrons. The van der Waals surface area contributed by atoms with E-state index in [4.69, 9.17) is 10.5 Å². The van der Waals surface area contributed by atoms with E-state index in [-0.39, 0.29) is 23.5 Å². The Morgan fingerprint density at radius 2 is 2.08 bits per heavy atom. The van der Waals surface area contributed by atoms with Crippen molar-refractivity contribution < 1.29 is 14.6 Å². The number of aryl methyl sites for hydroxylation is 1. The number of ether oxygens (including phenoxy) is 1. The van der Waals surface area contributed by atoms with Gasteiger partial charge in [0.25, 0.3) is 5.91 Å². The van der Waals surface area contributed by atoms with Crippen LogP contribution in [0.2, 0.25) is 0 Å². The molecule has 0 unspecified atom stereocenters. The van der Waals surface area contributed by atoms with E-state index >= 15 is 0 Å². The molecule has 1 amide bonds. The van der Waals surface area contributed by atoms with Gasteiger partial charge in [0, 0.05) is 55.6 Å². The van der Waals surface area contributed by atoms with Crippen LogP contribution in [-0.2, 0) is 11.8 Å². The van der Waals surface area contributed by atoms with Crippen LogP contribution in [0.15, 0.2) is 30.5 Å². The molecular weight excluding hydrogens is 330 g/mol. The molecule has 2 aromatic rings. The number of amides is 1. The number of hydrogen-bond donors (Lipinski definition) is 2. The first-order valence-electron chi connectivity index (χ1n) is 9.40. The lowest BCUT2D eigenvalue weighted by Gasteiger charge is -2.56. The molecule has 1 aromatic heterocycles. The van der Waals surface area contributed by atoms with Crippen LogP contribution in [0.1, 0.15) is 29.6 Å². The van der Waals surface area contributed by atoms with Gasteiger partial charge in [0.2, 0.25) is 0 Å². The Kier molecular flexibility index (Phi) is 4.50. The van der Waals surface area contributed by atoms with Gasteiger partial charge in [-0.15, -0.1) is 0 Å². The summed E-state index contributed by atoms with van der Waals surface area (Å²) in [5, 5.41) is 11.4. The van der Waals surface area contributed by atoms with E-state index in [0.717, 1.165) is 29.3 Å². The van der Waals surface area contributed by atoms with E-state index in [1.54, 1.807) is 0 Å². The van der Waals surface area contributed by atoms with E-state index in [1.165, 1.54) is 0 Å². The van der Waals surface area contributed by atoms with Crippen LogP contribution in [0.25, 0.3) is 10.9 Å². The number of para-hydroxylation sites is 1. The zero-order chi connectivity index (χ0) is 18.3. The Morgan fingerprint density at radius 1 is 1.35 bits per heavy atom. The normalized spacial score (nSPS) is 24.8. The second-order valence-electron chi connectivity index (χ2n) is 7.60. The fourth-order valence-electron chi connectivity index (χ4n) is 4.63. The van der Waals surface area contributed by atoms with Crippen LogP contribution in [0.3, 0.4) is 0 Å². The van der Waals surface area contributed by atoms with Crippen LogP contribution in [0.5, 0.6) is 0 Å². The Balaban J connectivity index is 1.48. The number of nitrogens with zero attached hydrogens (tertiary/aromatic N) is 2. The van der Waals surface area contributed by atoms with Gasteiger partial charge in [0.1, 0.15) is 0 Å². The molecule has 2 fully saturated rings. The molecule has 1 aromatic carbocycles. The molecule has 6 nitrogen and oxygen atoms in total. The first kappa shape index (κ1) is 17.5. The van der Waals surface area contributed by atoms with Crippen molar-refractivity contribution >= 4 is 16.8 Å². The van der Waals surface area contributed by atoms with Crippen LogP contribution in [0, 0.1) is 5.41 Å². The van der Waals surface area contributed by atoms with E-state index in [9.17, 15) is 9.90 Å². The summed E-state index contributed by atoms with van der Waals surface area (Å²) in [6.07, 6.45) is 3.88. The average Bonchev–Trinajstić information content (AvgIpc) is 3.01. The molecule has 4 rings (SSSR count). The molecule has 26 heavy (non-hydrogen) atoms. The summed E-state index contributed by atoms with van der Waals surface area (Å²) in [6.45, 7) is 2.33. The monoisotopic (exact) mass is 357 g/mol. The quantitative estimate of drug-likeness (QED) is 0.869. The minimum atomic E-state index is -0.333. The van der Waals surface area contributed by atoms with E-state index in [1.807, 2.05) is 47.0 Å². The molecule has 2 aliphatic rings. The van der Waals surface area contributed by atoms with Gasteiger partial charge in [0.05, 0.1) is 24.4 Å². The standard InChI is InChI=1S/C20H27N3O3/c1-22-13-15(14-4-2-3-5-16(14)22)19(25)23-9-6-20(7-10-23)17(24)12-18(20)26-11-8-21/h2-5,13,17-18,24H,6-12,21H2,1H3/t17-,18+/m0/s1. The van der Waals surface area contributed by atoms with Crippen molar-refractivity contribution in [3.05, 3.63) is 36.0 Å². The zero-order valence-electron chi connectivity index (χ0n) is 15.2. The molecule has 2 atom stereocenters. The molecule has 1 aliphatic heterocycles. The number of aliphatic hydroxyl groups excluding tert-OH is 1. The molecule has 3 N–H and O–H groups in total. The van der Waals surface area contributed by atoms with Gasteiger partial charge in [0.15, 0.2) is 0 Å². The molecular formula is C20H27N3O3. The summed E-state index contributed by atoms with van der Waals surface area (Å²) >= 11 is 0. The number of hydrogen-bond acceptors (Lipinski definition) is 4. The van der Waals surface area contributed by atoms with Gasteiger partial charge in [-0.1, -0.05) is 18.2 Å². The lowest BCUT2D eigenvalue weighted by Crippen LogP contribution is -2.62. The van der Waals surface area contributed by atoms with E-state index < -0.39 is 0 Å². The minimum absolute atomic E-state index is 0.0656. The molecule has 140 valence electrons. The fraction of sp³-hybridized carbons (Fsp3) is 0.550.